The number of esters is 1. The molecule has 32 heavy (non-hydrogen) atoms. The van der Waals surface area contributed by atoms with Crippen molar-refractivity contribution in [3.63, 3.8) is 0 Å². The number of benzene rings is 4. The third kappa shape index (κ3) is 3.56. The van der Waals surface area contributed by atoms with Gasteiger partial charge in [-0.05, 0) is 47.9 Å². The summed E-state index contributed by atoms with van der Waals surface area (Å²) in [5.41, 5.74) is 5.33. The molecule has 0 fully saturated rings. The van der Waals surface area contributed by atoms with Crippen LogP contribution in [0.3, 0.4) is 0 Å². The molecular weight excluding hydrogens is 396 g/mol. The zero-order chi connectivity index (χ0) is 22.1. The first kappa shape index (κ1) is 19.8. The predicted molar refractivity (Wildman–Crippen MR) is 127 cm³/mol. The van der Waals surface area contributed by atoms with E-state index in [1.54, 1.807) is 10.7 Å². The molecule has 0 spiro atoms. The fourth-order valence-corrected chi connectivity index (χ4v) is 3.88. The highest BCUT2D eigenvalue weighted by Crippen LogP contribution is 2.29. The van der Waals surface area contributed by atoms with Gasteiger partial charge in [-0.15, -0.1) is 0 Å². The summed E-state index contributed by atoms with van der Waals surface area (Å²) in [5.74, 6) is -0.0247. The molecule has 0 atom stereocenters. The van der Waals surface area contributed by atoms with E-state index in [2.05, 4.69) is 13.0 Å². The summed E-state index contributed by atoms with van der Waals surface area (Å²) in [6, 6.07) is 31.2. The molecule has 0 aliphatic carbocycles. The van der Waals surface area contributed by atoms with E-state index in [1.165, 1.54) is 0 Å². The van der Waals surface area contributed by atoms with Crippen molar-refractivity contribution < 1.29 is 9.53 Å². The van der Waals surface area contributed by atoms with Crippen LogP contribution in [0.5, 0.6) is 5.88 Å². The maximum absolute atomic E-state index is 13.2. The lowest BCUT2D eigenvalue weighted by Crippen LogP contribution is -2.13. The molecule has 1 heterocycles. The highest BCUT2D eigenvalue weighted by atomic mass is 16.5. The van der Waals surface area contributed by atoms with Gasteiger partial charge >= 0.3 is 5.97 Å². The van der Waals surface area contributed by atoms with Crippen molar-refractivity contribution in [3.05, 3.63) is 114 Å². The van der Waals surface area contributed by atoms with Gasteiger partial charge in [0.05, 0.1) is 16.9 Å². The second kappa shape index (κ2) is 8.16. The van der Waals surface area contributed by atoms with Gasteiger partial charge in [-0.2, -0.15) is 9.78 Å². The van der Waals surface area contributed by atoms with Crippen molar-refractivity contribution >= 4 is 16.7 Å². The number of hydrogen-bond donors (Lipinski definition) is 0. The van der Waals surface area contributed by atoms with Crippen LogP contribution < -0.4 is 4.74 Å². The van der Waals surface area contributed by atoms with E-state index in [0.29, 0.717) is 11.4 Å². The molecule has 0 radical (unpaired) electrons. The smallest absolute Gasteiger partial charge is 0.345 e. The fraction of sp³-hybridized carbons (Fsp3) is 0.0714. The first-order valence-electron chi connectivity index (χ1n) is 10.5. The Kier molecular flexibility index (Phi) is 5.04. The number of carbonyl (C=O) groups excluding carboxylic acids is 1. The lowest BCUT2D eigenvalue weighted by Gasteiger charge is -2.12. The Bertz CT molecular complexity index is 1430. The van der Waals surface area contributed by atoms with Gasteiger partial charge in [-0.1, -0.05) is 78.9 Å². The lowest BCUT2D eigenvalue weighted by molar-refractivity contribution is 0.0725. The van der Waals surface area contributed by atoms with Crippen molar-refractivity contribution in [2.24, 2.45) is 0 Å². The predicted octanol–water partition coefficient (Wildman–Crippen LogP) is 6.53. The first-order valence-corrected chi connectivity index (χ1v) is 10.5. The van der Waals surface area contributed by atoms with Gasteiger partial charge in [0.1, 0.15) is 0 Å². The van der Waals surface area contributed by atoms with Crippen LogP contribution in [-0.4, -0.2) is 15.7 Å². The van der Waals surface area contributed by atoms with Gasteiger partial charge in [-0.25, -0.2) is 4.79 Å². The molecule has 0 aliphatic heterocycles. The minimum Gasteiger partial charge on any atom is -0.404 e. The molecule has 5 rings (SSSR count). The van der Waals surface area contributed by atoms with Crippen molar-refractivity contribution in [1.82, 2.24) is 9.78 Å². The van der Waals surface area contributed by atoms with Gasteiger partial charge in [-0.3, -0.25) is 0 Å². The van der Waals surface area contributed by atoms with Crippen LogP contribution in [0.2, 0.25) is 0 Å². The van der Waals surface area contributed by atoms with Crippen LogP contribution in [0, 0.1) is 13.8 Å². The van der Waals surface area contributed by atoms with Crippen LogP contribution in [-0.2, 0) is 0 Å². The zero-order valence-electron chi connectivity index (χ0n) is 17.9. The quantitative estimate of drug-likeness (QED) is 0.312. The Morgan fingerprint density at radius 2 is 1.53 bits per heavy atom. The summed E-state index contributed by atoms with van der Waals surface area (Å²) in [7, 11) is 0. The largest absolute Gasteiger partial charge is 0.404 e. The molecule has 0 saturated carbocycles. The normalized spacial score (nSPS) is 10.9. The summed E-state index contributed by atoms with van der Waals surface area (Å²) in [6.07, 6.45) is 0. The molecule has 5 aromatic rings. The molecule has 0 saturated heterocycles. The molecule has 4 heteroatoms. The second-order valence-corrected chi connectivity index (χ2v) is 7.78. The number of ether oxygens (including phenoxy) is 1. The van der Waals surface area contributed by atoms with Gasteiger partial charge < -0.3 is 4.74 Å². The average molecular weight is 418 g/mol. The van der Waals surface area contributed by atoms with E-state index in [-0.39, 0.29) is 0 Å². The Labute approximate surface area is 186 Å². The van der Waals surface area contributed by atoms with E-state index < -0.39 is 5.97 Å². The highest BCUT2D eigenvalue weighted by Gasteiger charge is 2.19. The zero-order valence-corrected chi connectivity index (χ0v) is 17.9. The van der Waals surface area contributed by atoms with Crippen molar-refractivity contribution in [1.29, 1.82) is 0 Å². The molecule has 0 bridgehead atoms. The van der Waals surface area contributed by atoms with Crippen LogP contribution in [0.15, 0.2) is 97.1 Å². The van der Waals surface area contributed by atoms with E-state index in [0.717, 1.165) is 38.8 Å². The van der Waals surface area contributed by atoms with Crippen LogP contribution in [0.4, 0.5) is 0 Å². The number of aromatic nitrogens is 2. The Morgan fingerprint density at radius 1 is 0.812 bits per heavy atom. The standard InChI is InChI=1S/C28H22N2O2/c1-19-10-8-17-26(20(19)2)30-27(18-25(29-30)22-12-4-3-5-13-22)32-28(31)24-16-9-14-21-11-6-7-15-23(21)24/h3-18H,1-2H3. The Morgan fingerprint density at radius 3 is 2.38 bits per heavy atom. The third-order valence-electron chi connectivity index (χ3n) is 5.76. The third-order valence-corrected chi connectivity index (χ3v) is 5.76. The van der Waals surface area contributed by atoms with E-state index in [1.807, 2.05) is 91.9 Å². The lowest BCUT2D eigenvalue weighted by atomic mass is 10.1. The van der Waals surface area contributed by atoms with E-state index in [4.69, 9.17) is 9.84 Å². The summed E-state index contributed by atoms with van der Waals surface area (Å²) >= 11 is 0. The maximum atomic E-state index is 13.2. The summed E-state index contributed by atoms with van der Waals surface area (Å²) in [6.45, 7) is 4.10. The molecule has 4 aromatic carbocycles. The van der Waals surface area contributed by atoms with Crippen molar-refractivity contribution in [2.75, 3.05) is 0 Å². The number of aryl methyl sites for hydroxylation is 1. The Hall–Kier alpha value is -4.18. The molecule has 0 N–H and O–H groups in total. The molecular formula is C28H22N2O2. The first-order chi connectivity index (χ1) is 15.6. The fourth-order valence-electron chi connectivity index (χ4n) is 3.88. The van der Waals surface area contributed by atoms with E-state index >= 15 is 0 Å². The Balaban J connectivity index is 1.61. The van der Waals surface area contributed by atoms with Gasteiger partial charge in [0.25, 0.3) is 0 Å². The number of carbonyl (C=O) groups is 1. The SMILES string of the molecule is Cc1cccc(-n2nc(-c3ccccc3)cc2OC(=O)c2cccc3ccccc23)c1C. The van der Waals surface area contributed by atoms with Gasteiger partial charge in [0.2, 0.25) is 5.88 Å². The molecule has 156 valence electrons. The monoisotopic (exact) mass is 418 g/mol. The van der Waals surface area contributed by atoms with Crippen LogP contribution in [0.25, 0.3) is 27.7 Å². The maximum Gasteiger partial charge on any atom is 0.345 e. The summed E-state index contributed by atoms with van der Waals surface area (Å²) in [5, 5.41) is 6.66. The number of fused-ring (bicyclic) bond motifs is 1. The van der Waals surface area contributed by atoms with Crippen molar-refractivity contribution in [2.45, 2.75) is 13.8 Å². The molecule has 4 nitrogen and oxygen atoms in total. The van der Waals surface area contributed by atoms with Crippen LogP contribution in [0.1, 0.15) is 21.5 Å². The molecule has 0 amide bonds. The second-order valence-electron chi connectivity index (χ2n) is 7.78. The minimum absolute atomic E-state index is 0.385. The average Bonchev–Trinajstić information content (AvgIpc) is 3.24. The molecule has 0 unspecified atom stereocenters. The molecule has 1 aromatic heterocycles. The number of hydrogen-bond acceptors (Lipinski definition) is 3. The summed E-state index contributed by atoms with van der Waals surface area (Å²) < 4.78 is 7.67. The van der Waals surface area contributed by atoms with Gasteiger partial charge in [0, 0.05) is 11.6 Å². The highest BCUT2D eigenvalue weighted by molar-refractivity contribution is 6.05. The summed E-state index contributed by atoms with van der Waals surface area (Å²) in [4.78, 5) is 13.2. The van der Waals surface area contributed by atoms with Gasteiger partial charge in [0.15, 0.2) is 0 Å². The van der Waals surface area contributed by atoms with E-state index in [9.17, 15) is 4.79 Å². The topological polar surface area (TPSA) is 44.1 Å². The minimum atomic E-state index is -0.409. The van der Waals surface area contributed by atoms with Crippen molar-refractivity contribution in [3.8, 4) is 22.8 Å². The number of rotatable bonds is 4. The van der Waals surface area contributed by atoms with Crippen LogP contribution >= 0.6 is 0 Å². The molecule has 0 aliphatic rings. The number of nitrogens with zero attached hydrogens (tertiary/aromatic N) is 2.